The van der Waals surface area contributed by atoms with Crippen LogP contribution in [0.2, 0.25) is 0 Å². The predicted molar refractivity (Wildman–Crippen MR) is 152 cm³/mol. The summed E-state index contributed by atoms with van der Waals surface area (Å²) in [4.78, 5) is 10.4. The topological polar surface area (TPSA) is 77.3 Å². The molecule has 202 valence electrons. The van der Waals surface area contributed by atoms with Gasteiger partial charge < -0.3 is 9.68 Å². The first kappa shape index (κ1) is 25.8. The lowest BCUT2D eigenvalue weighted by molar-refractivity contribution is -0.0393. The van der Waals surface area contributed by atoms with E-state index < -0.39 is 9.84 Å². The van der Waals surface area contributed by atoms with Gasteiger partial charge in [0.15, 0.2) is 5.55 Å². The Morgan fingerprint density at radius 3 is 1.54 bits per heavy atom. The van der Waals surface area contributed by atoms with Crippen LogP contribution in [-0.4, -0.2) is 20.2 Å². The molecule has 6 aliphatic carbocycles. The maximum atomic E-state index is 11.8. The third-order valence-corrected chi connectivity index (χ3v) is 10.0. The van der Waals surface area contributed by atoms with Crippen LogP contribution < -0.4 is 0 Å². The van der Waals surface area contributed by atoms with Crippen molar-refractivity contribution in [1.29, 1.82) is 0 Å². The van der Waals surface area contributed by atoms with Crippen LogP contribution in [-0.2, 0) is 32.7 Å². The Labute approximate surface area is 230 Å². The third kappa shape index (κ3) is 5.93. The Kier molecular flexibility index (Phi) is 6.79. The zero-order valence-corrected chi connectivity index (χ0v) is 22.8. The smallest absolute Gasteiger partial charge is 0.220 e. The molecule has 6 nitrogen and oxygen atoms in total. The molecule has 0 spiro atoms. The number of oxime groups is 2. The van der Waals surface area contributed by atoms with E-state index in [4.69, 9.17) is 9.68 Å². The molecule has 0 amide bonds. The zero-order chi connectivity index (χ0) is 26.8. The molecule has 39 heavy (non-hydrogen) atoms. The number of sulfone groups is 1. The van der Waals surface area contributed by atoms with Crippen molar-refractivity contribution in [1.82, 2.24) is 0 Å². The zero-order valence-electron chi connectivity index (χ0n) is 22.0. The molecule has 3 aromatic rings. The summed E-state index contributed by atoms with van der Waals surface area (Å²) < 4.78 is 23.6. The molecule has 0 unspecified atom stereocenters. The minimum absolute atomic E-state index is 0.196. The Morgan fingerprint density at radius 1 is 0.692 bits per heavy atom. The van der Waals surface area contributed by atoms with E-state index >= 15 is 0 Å². The van der Waals surface area contributed by atoms with E-state index in [1.807, 2.05) is 54.7 Å². The summed E-state index contributed by atoms with van der Waals surface area (Å²) in [5.41, 5.74) is 5.50. The second-order valence-electron chi connectivity index (χ2n) is 11.8. The molecule has 3 aromatic carbocycles. The first-order valence-corrected chi connectivity index (χ1v) is 15.2. The molecule has 6 saturated carbocycles. The van der Waals surface area contributed by atoms with E-state index in [1.165, 1.54) is 37.0 Å². The van der Waals surface area contributed by atoms with Crippen molar-refractivity contribution in [2.75, 3.05) is 0 Å². The SMILES string of the molecule is C(=N\OCc1ccccc1)/C12CC(C1)C2.C1C23CC12C3.O=S(=O)(/C=N/OCc1ccccc1)c1ccccc1. The highest BCUT2D eigenvalue weighted by atomic mass is 32.2. The Balaban J connectivity index is 0.000000120. The standard InChI is InChI=1S/C14H13NO3S.C13H15NO.C5H6/c16-19(17,14-9-5-2-6-10-14)12-15-18-11-13-7-3-1-4-8-13;1-2-4-11(5-3-1)9-15-14-10-13-6-12(7-13)8-13;1-4-2-5(1,4)3-4/h1-10,12H,11H2;1-5,10,12H,6-9H2;1-3H2/b15-12+;14-10+;. The van der Waals surface area contributed by atoms with Gasteiger partial charge in [-0.2, -0.15) is 0 Å². The van der Waals surface area contributed by atoms with Crippen LogP contribution in [0.3, 0.4) is 0 Å². The van der Waals surface area contributed by atoms with Crippen LogP contribution in [0.15, 0.2) is 106 Å². The molecule has 9 rings (SSSR count). The minimum atomic E-state index is -3.53. The van der Waals surface area contributed by atoms with Gasteiger partial charge in [-0.1, -0.05) is 89.2 Å². The lowest BCUT2D eigenvalue weighted by Crippen LogP contribution is -2.52. The number of hydrogen-bond donors (Lipinski definition) is 0. The Hall–Kier alpha value is -3.45. The first-order valence-electron chi connectivity index (χ1n) is 13.6. The molecule has 0 heterocycles. The van der Waals surface area contributed by atoms with Gasteiger partial charge in [-0.3, -0.25) is 0 Å². The normalized spacial score (nSPS) is 29.7. The highest BCUT2D eigenvalue weighted by Crippen LogP contribution is 3.06. The summed E-state index contributed by atoms with van der Waals surface area (Å²) in [5.74, 6) is 1.01. The molecule has 0 saturated heterocycles. The van der Waals surface area contributed by atoms with E-state index in [2.05, 4.69) is 22.4 Å². The van der Waals surface area contributed by atoms with Gasteiger partial charge in [-0.15, -0.1) is 0 Å². The molecular weight excluding hydrogens is 508 g/mol. The van der Waals surface area contributed by atoms with Crippen molar-refractivity contribution in [2.45, 2.75) is 56.6 Å². The summed E-state index contributed by atoms with van der Waals surface area (Å²) in [7, 11) is -3.53. The van der Waals surface area contributed by atoms with Crippen molar-refractivity contribution < 1.29 is 18.1 Å². The van der Waals surface area contributed by atoms with Crippen LogP contribution in [0.5, 0.6) is 0 Å². The van der Waals surface area contributed by atoms with Gasteiger partial charge in [0.05, 0.1) is 4.90 Å². The van der Waals surface area contributed by atoms with Crippen LogP contribution in [0.4, 0.5) is 0 Å². The molecule has 0 aliphatic heterocycles. The summed E-state index contributed by atoms with van der Waals surface area (Å²) >= 11 is 0. The molecule has 0 aromatic heterocycles. The van der Waals surface area contributed by atoms with Gasteiger partial charge in [0.1, 0.15) is 13.2 Å². The van der Waals surface area contributed by atoms with Crippen LogP contribution in [0, 0.1) is 22.2 Å². The van der Waals surface area contributed by atoms with Crippen molar-refractivity contribution in [3.63, 3.8) is 0 Å². The number of benzene rings is 3. The van der Waals surface area contributed by atoms with E-state index in [-0.39, 0.29) is 11.5 Å². The third-order valence-electron chi connectivity index (χ3n) is 8.74. The van der Waals surface area contributed by atoms with Crippen molar-refractivity contribution in [3.05, 3.63) is 102 Å². The predicted octanol–water partition coefficient (Wildman–Crippen LogP) is 6.78. The molecule has 0 radical (unpaired) electrons. The van der Waals surface area contributed by atoms with Gasteiger partial charge in [0.25, 0.3) is 0 Å². The van der Waals surface area contributed by atoms with Gasteiger partial charge in [0, 0.05) is 11.6 Å². The number of rotatable bonds is 9. The fraction of sp³-hybridized carbons (Fsp3) is 0.375. The van der Waals surface area contributed by atoms with Crippen LogP contribution in [0.1, 0.15) is 49.7 Å². The molecule has 0 N–H and O–H groups in total. The lowest BCUT2D eigenvalue weighted by Gasteiger charge is -2.59. The molecule has 0 atom stereocenters. The van der Waals surface area contributed by atoms with Gasteiger partial charge in [-0.25, -0.2) is 8.42 Å². The summed E-state index contributed by atoms with van der Waals surface area (Å²) in [6, 6.07) is 27.6. The summed E-state index contributed by atoms with van der Waals surface area (Å²) in [6.07, 6.45) is 10.9. The van der Waals surface area contributed by atoms with Crippen LogP contribution >= 0.6 is 0 Å². The van der Waals surface area contributed by atoms with Gasteiger partial charge >= 0.3 is 0 Å². The number of nitrogens with zero attached hydrogens (tertiary/aromatic N) is 2. The maximum Gasteiger partial charge on any atom is 0.220 e. The molecule has 6 aliphatic rings. The quantitative estimate of drug-likeness (QED) is 0.170. The van der Waals surface area contributed by atoms with E-state index in [0.717, 1.165) is 27.9 Å². The van der Waals surface area contributed by atoms with E-state index in [9.17, 15) is 8.42 Å². The van der Waals surface area contributed by atoms with Crippen molar-refractivity contribution in [3.8, 4) is 0 Å². The average molecular weight is 543 g/mol. The largest absolute Gasteiger partial charge is 0.391 e. The van der Waals surface area contributed by atoms with E-state index in [0.29, 0.717) is 12.0 Å². The Morgan fingerprint density at radius 2 is 1.13 bits per heavy atom. The van der Waals surface area contributed by atoms with Gasteiger partial charge in [-0.05, 0) is 78.5 Å². The summed E-state index contributed by atoms with van der Waals surface area (Å²) in [5, 5.41) is 7.58. The number of hydrogen-bond acceptors (Lipinski definition) is 6. The van der Waals surface area contributed by atoms with Crippen molar-refractivity contribution in [2.24, 2.45) is 32.5 Å². The molecule has 2 bridgehead atoms. The van der Waals surface area contributed by atoms with E-state index in [1.54, 1.807) is 37.5 Å². The first-order chi connectivity index (χ1) is 18.9. The summed E-state index contributed by atoms with van der Waals surface area (Å²) in [6.45, 7) is 0.818. The molecular formula is C32H34N2O4S. The second-order valence-corrected chi connectivity index (χ2v) is 13.5. The fourth-order valence-corrected chi connectivity index (χ4v) is 6.47. The van der Waals surface area contributed by atoms with Crippen molar-refractivity contribution >= 4 is 21.6 Å². The molecule has 7 heteroatoms. The van der Waals surface area contributed by atoms with Gasteiger partial charge in [0.2, 0.25) is 9.84 Å². The Bertz CT molecular complexity index is 1390. The fourth-order valence-electron chi connectivity index (χ4n) is 5.64. The minimum Gasteiger partial charge on any atom is -0.391 e. The second kappa shape index (κ2) is 10.3. The monoisotopic (exact) mass is 542 g/mol. The van der Waals surface area contributed by atoms with Crippen LogP contribution in [0.25, 0.3) is 0 Å². The highest BCUT2D eigenvalue weighted by molar-refractivity contribution is 8.04. The lowest BCUT2D eigenvalue weighted by atomic mass is 9.45. The molecule has 6 fully saturated rings. The maximum absolute atomic E-state index is 11.8. The average Bonchev–Trinajstić information content (AvgIpc) is 3.82. The highest BCUT2D eigenvalue weighted by Gasteiger charge is 2.97.